The van der Waals surface area contributed by atoms with Gasteiger partial charge in [0.1, 0.15) is 11.6 Å². The molecule has 0 spiro atoms. The third kappa shape index (κ3) is 3.57. The standard InChI is InChI=1S/C11H15F2NO/c1-7(15)2-9(6-14)8-3-10(12)5-11(13)4-8/h3-5,7,9,15H,2,6,14H2,1H3. The Kier molecular flexibility index (Phi) is 4.17. The van der Waals surface area contributed by atoms with Crippen molar-refractivity contribution < 1.29 is 13.9 Å². The van der Waals surface area contributed by atoms with E-state index in [0.717, 1.165) is 6.07 Å². The van der Waals surface area contributed by atoms with Crippen molar-refractivity contribution in [3.63, 3.8) is 0 Å². The Bertz CT molecular complexity index is 308. The van der Waals surface area contributed by atoms with E-state index in [1.165, 1.54) is 12.1 Å². The Morgan fingerprint density at radius 1 is 1.27 bits per heavy atom. The molecule has 4 heteroatoms. The highest BCUT2D eigenvalue weighted by atomic mass is 19.1. The van der Waals surface area contributed by atoms with Crippen LogP contribution < -0.4 is 5.73 Å². The molecule has 0 amide bonds. The van der Waals surface area contributed by atoms with Crippen molar-refractivity contribution in [1.82, 2.24) is 0 Å². The molecule has 0 saturated heterocycles. The maximum Gasteiger partial charge on any atom is 0.126 e. The van der Waals surface area contributed by atoms with Crippen LogP contribution in [0.5, 0.6) is 0 Å². The van der Waals surface area contributed by atoms with Crippen molar-refractivity contribution in [3.8, 4) is 0 Å². The number of rotatable bonds is 4. The second-order valence-electron chi connectivity index (χ2n) is 3.72. The van der Waals surface area contributed by atoms with Crippen molar-refractivity contribution >= 4 is 0 Å². The summed E-state index contributed by atoms with van der Waals surface area (Å²) in [7, 11) is 0. The van der Waals surface area contributed by atoms with Crippen LogP contribution in [0.4, 0.5) is 8.78 Å². The summed E-state index contributed by atoms with van der Waals surface area (Å²) in [5.41, 5.74) is 5.99. The van der Waals surface area contributed by atoms with Crippen LogP contribution in [0.1, 0.15) is 24.8 Å². The number of nitrogens with two attached hydrogens (primary N) is 1. The SMILES string of the molecule is CC(O)CC(CN)c1cc(F)cc(F)c1. The number of halogens is 2. The summed E-state index contributed by atoms with van der Waals surface area (Å²) in [5, 5.41) is 9.21. The molecule has 0 radical (unpaired) electrons. The monoisotopic (exact) mass is 215 g/mol. The Balaban J connectivity index is 2.91. The normalized spacial score (nSPS) is 15.0. The number of benzene rings is 1. The van der Waals surface area contributed by atoms with Crippen LogP contribution >= 0.6 is 0 Å². The average molecular weight is 215 g/mol. The lowest BCUT2D eigenvalue weighted by Gasteiger charge is -2.17. The molecule has 84 valence electrons. The van der Waals surface area contributed by atoms with E-state index in [1.807, 2.05) is 0 Å². The number of aliphatic hydroxyl groups is 1. The number of hydrogen-bond acceptors (Lipinski definition) is 2. The van der Waals surface area contributed by atoms with Gasteiger partial charge in [-0.3, -0.25) is 0 Å². The molecule has 15 heavy (non-hydrogen) atoms. The van der Waals surface area contributed by atoms with E-state index in [2.05, 4.69) is 0 Å². The maximum absolute atomic E-state index is 12.9. The van der Waals surface area contributed by atoms with Gasteiger partial charge in [0.05, 0.1) is 6.10 Å². The summed E-state index contributed by atoms with van der Waals surface area (Å²) in [6.07, 6.45) is -0.135. The van der Waals surface area contributed by atoms with Crippen LogP contribution in [0.25, 0.3) is 0 Å². The van der Waals surface area contributed by atoms with E-state index >= 15 is 0 Å². The summed E-state index contributed by atoms with van der Waals surface area (Å²) < 4.78 is 25.8. The summed E-state index contributed by atoms with van der Waals surface area (Å²) in [6.45, 7) is 1.88. The lowest BCUT2D eigenvalue weighted by atomic mass is 9.93. The maximum atomic E-state index is 12.9. The summed E-state index contributed by atoms with van der Waals surface area (Å²) in [6, 6.07) is 3.32. The van der Waals surface area contributed by atoms with Gasteiger partial charge in [0, 0.05) is 6.07 Å². The molecule has 3 N–H and O–H groups in total. The Morgan fingerprint density at radius 2 is 1.80 bits per heavy atom. The van der Waals surface area contributed by atoms with Gasteiger partial charge in [0.2, 0.25) is 0 Å². The molecule has 1 aromatic rings. The first-order valence-corrected chi connectivity index (χ1v) is 4.87. The molecular weight excluding hydrogens is 200 g/mol. The van der Waals surface area contributed by atoms with Crippen molar-refractivity contribution in [1.29, 1.82) is 0 Å². The molecule has 0 bridgehead atoms. The molecule has 0 heterocycles. The molecule has 0 saturated carbocycles. The number of hydrogen-bond donors (Lipinski definition) is 2. The first kappa shape index (κ1) is 12.1. The Morgan fingerprint density at radius 3 is 2.20 bits per heavy atom. The van der Waals surface area contributed by atoms with E-state index in [-0.39, 0.29) is 12.5 Å². The lowest BCUT2D eigenvalue weighted by Crippen LogP contribution is -2.17. The van der Waals surface area contributed by atoms with Crippen molar-refractivity contribution in [2.45, 2.75) is 25.4 Å². The van der Waals surface area contributed by atoms with Gasteiger partial charge >= 0.3 is 0 Å². The van der Waals surface area contributed by atoms with Crippen LogP contribution in [0.15, 0.2) is 18.2 Å². The highest BCUT2D eigenvalue weighted by Gasteiger charge is 2.14. The van der Waals surface area contributed by atoms with E-state index in [9.17, 15) is 13.9 Å². The zero-order valence-corrected chi connectivity index (χ0v) is 8.58. The topological polar surface area (TPSA) is 46.2 Å². The van der Waals surface area contributed by atoms with E-state index in [4.69, 9.17) is 5.73 Å². The predicted octanol–water partition coefficient (Wildman–Crippen LogP) is 1.78. The lowest BCUT2D eigenvalue weighted by molar-refractivity contribution is 0.175. The van der Waals surface area contributed by atoms with Crippen LogP contribution in [-0.4, -0.2) is 17.8 Å². The predicted molar refractivity (Wildman–Crippen MR) is 54.5 cm³/mol. The second-order valence-corrected chi connectivity index (χ2v) is 3.72. The van der Waals surface area contributed by atoms with Crippen LogP contribution in [0.2, 0.25) is 0 Å². The fourth-order valence-electron chi connectivity index (χ4n) is 1.59. The molecular formula is C11H15F2NO. The van der Waals surface area contributed by atoms with Gasteiger partial charge in [0.25, 0.3) is 0 Å². The van der Waals surface area contributed by atoms with Crippen molar-refractivity contribution in [2.75, 3.05) is 6.54 Å². The molecule has 0 aliphatic heterocycles. The van der Waals surface area contributed by atoms with Gasteiger partial charge in [-0.25, -0.2) is 8.78 Å². The fraction of sp³-hybridized carbons (Fsp3) is 0.455. The molecule has 2 nitrogen and oxygen atoms in total. The van der Waals surface area contributed by atoms with Crippen LogP contribution in [0, 0.1) is 11.6 Å². The van der Waals surface area contributed by atoms with Crippen molar-refractivity contribution in [3.05, 3.63) is 35.4 Å². The van der Waals surface area contributed by atoms with Crippen LogP contribution in [-0.2, 0) is 0 Å². The molecule has 1 rings (SSSR count). The van der Waals surface area contributed by atoms with E-state index in [0.29, 0.717) is 12.0 Å². The quantitative estimate of drug-likeness (QED) is 0.804. The fourth-order valence-corrected chi connectivity index (χ4v) is 1.59. The zero-order chi connectivity index (χ0) is 11.4. The number of aliphatic hydroxyl groups excluding tert-OH is 1. The van der Waals surface area contributed by atoms with Gasteiger partial charge in [-0.05, 0) is 43.5 Å². The van der Waals surface area contributed by atoms with Gasteiger partial charge in [-0.1, -0.05) is 0 Å². The van der Waals surface area contributed by atoms with Gasteiger partial charge in [-0.2, -0.15) is 0 Å². The Hall–Kier alpha value is -1.00. The van der Waals surface area contributed by atoms with Gasteiger partial charge in [-0.15, -0.1) is 0 Å². The molecule has 0 aliphatic rings. The molecule has 0 aromatic heterocycles. The van der Waals surface area contributed by atoms with Crippen LogP contribution in [0.3, 0.4) is 0 Å². The minimum absolute atomic E-state index is 0.213. The first-order valence-electron chi connectivity index (χ1n) is 4.87. The molecule has 0 fully saturated rings. The molecule has 0 aliphatic carbocycles. The first-order chi connectivity index (χ1) is 7.02. The van der Waals surface area contributed by atoms with Crippen molar-refractivity contribution in [2.24, 2.45) is 5.73 Å². The highest BCUT2D eigenvalue weighted by Crippen LogP contribution is 2.22. The van der Waals surface area contributed by atoms with E-state index < -0.39 is 17.7 Å². The highest BCUT2D eigenvalue weighted by molar-refractivity contribution is 5.22. The third-order valence-electron chi connectivity index (χ3n) is 2.27. The minimum Gasteiger partial charge on any atom is -0.393 e. The second kappa shape index (κ2) is 5.19. The average Bonchev–Trinajstić information content (AvgIpc) is 2.12. The molecule has 1 aromatic carbocycles. The third-order valence-corrected chi connectivity index (χ3v) is 2.27. The molecule has 2 unspecified atom stereocenters. The minimum atomic E-state index is -0.617. The zero-order valence-electron chi connectivity index (χ0n) is 8.58. The summed E-state index contributed by atoms with van der Waals surface area (Å²) in [5.74, 6) is -1.45. The van der Waals surface area contributed by atoms with Gasteiger partial charge in [0.15, 0.2) is 0 Å². The summed E-state index contributed by atoms with van der Waals surface area (Å²) >= 11 is 0. The Labute approximate surface area is 87.7 Å². The smallest absolute Gasteiger partial charge is 0.126 e. The van der Waals surface area contributed by atoms with E-state index in [1.54, 1.807) is 6.92 Å². The molecule has 2 atom stereocenters. The largest absolute Gasteiger partial charge is 0.393 e. The summed E-state index contributed by atoms with van der Waals surface area (Å²) in [4.78, 5) is 0. The van der Waals surface area contributed by atoms with Gasteiger partial charge < -0.3 is 10.8 Å².